The van der Waals surface area contributed by atoms with Gasteiger partial charge in [0.1, 0.15) is 17.3 Å². The average Bonchev–Trinajstić information content (AvgIpc) is 2.37. The molecule has 0 aliphatic rings. The van der Waals surface area contributed by atoms with Gasteiger partial charge < -0.3 is 9.84 Å². The fraction of sp³-hybridized carbons (Fsp3) is 0.143. The van der Waals surface area contributed by atoms with Crippen molar-refractivity contribution in [3.8, 4) is 11.5 Å². The Balaban J connectivity index is 2.37. The zero-order valence-corrected chi connectivity index (χ0v) is 10.9. The normalized spacial score (nSPS) is 12.0. The van der Waals surface area contributed by atoms with E-state index in [0.29, 0.717) is 0 Å². The summed E-state index contributed by atoms with van der Waals surface area (Å²) in [5.74, 6) is -1.75. The predicted octanol–water partition coefficient (Wildman–Crippen LogP) is 3.72. The number of hydrogen-bond donors (Lipinski definition) is 1. The van der Waals surface area contributed by atoms with Crippen LogP contribution in [0.15, 0.2) is 36.4 Å². The molecule has 0 spiro atoms. The second kappa shape index (κ2) is 5.84. The molecule has 0 aliphatic carbocycles. The van der Waals surface area contributed by atoms with Crippen LogP contribution in [0.2, 0.25) is 0 Å². The number of nitrogens with zero attached hydrogens (tertiary/aromatic N) is 1. The van der Waals surface area contributed by atoms with Crippen molar-refractivity contribution >= 4 is 5.69 Å². The van der Waals surface area contributed by atoms with E-state index >= 15 is 0 Å². The maximum absolute atomic E-state index is 13.6. The molecular formula is C14H11F2NO4. The van der Waals surface area contributed by atoms with Gasteiger partial charge in [0.15, 0.2) is 0 Å². The van der Waals surface area contributed by atoms with Crippen LogP contribution in [0.3, 0.4) is 0 Å². The summed E-state index contributed by atoms with van der Waals surface area (Å²) < 4.78 is 32.5. The minimum atomic E-state index is -1.12. The highest BCUT2D eigenvalue weighted by Crippen LogP contribution is 2.33. The lowest BCUT2D eigenvalue weighted by Gasteiger charge is -2.13. The molecule has 0 bridgehead atoms. The summed E-state index contributed by atoms with van der Waals surface area (Å²) in [6.45, 7) is 1.36. The van der Waals surface area contributed by atoms with E-state index in [1.165, 1.54) is 25.1 Å². The van der Waals surface area contributed by atoms with Gasteiger partial charge in [0.25, 0.3) is 0 Å². The molecule has 21 heavy (non-hydrogen) atoms. The molecule has 110 valence electrons. The second-order valence-electron chi connectivity index (χ2n) is 4.30. The molecule has 0 aliphatic heterocycles. The Kier molecular flexibility index (Phi) is 4.13. The Hall–Kier alpha value is -2.54. The molecule has 7 heteroatoms. The Bertz CT molecular complexity index is 689. The van der Waals surface area contributed by atoms with Gasteiger partial charge in [-0.15, -0.1) is 0 Å². The van der Waals surface area contributed by atoms with Crippen molar-refractivity contribution < 1.29 is 23.5 Å². The molecule has 2 aromatic rings. The highest BCUT2D eigenvalue weighted by molar-refractivity contribution is 5.43. The van der Waals surface area contributed by atoms with Gasteiger partial charge in [0.2, 0.25) is 5.82 Å². The van der Waals surface area contributed by atoms with Crippen molar-refractivity contribution in [3.05, 3.63) is 63.7 Å². The number of nitro groups is 1. The lowest BCUT2D eigenvalue weighted by Crippen LogP contribution is -2.00. The number of aliphatic hydroxyl groups excluding tert-OH is 1. The standard InChI is InChI=1S/C14H11F2NO4/c1-8(18)14-10(15)3-2-4-13(14)21-9-5-6-12(17(19)20)11(16)7-9/h2-8,18H,1H3/t8-/m1/s1. The Labute approximate surface area is 118 Å². The van der Waals surface area contributed by atoms with Gasteiger partial charge in [-0.25, -0.2) is 4.39 Å². The maximum Gasteiger partial charge on any atom is 0.305 e. The lowest BCUT2D eigenvalue weighted by molar-refractivity contribution is -0.387. The lowest BCUT2D eigenvalue weighted by atomic mass is 10.1. The van der Waals surface area contributed by atoms with Crippen molar-refractivity contribution in [3.63, 3.8) is 0 Å². The molecule has 0 saturated heterocycles. The Morgan fingerprint density at radius 1 is 1.24 bits per heavy atom. The van der Waals surface area contributed by atoms with Crippen molar-refractivity contribution in [2.45, 2.75) is 13.0 Å². The third-order valence-corrected chi connectivity index (χ3v) is 2.77. The van der Waals surface area contributed by atoms with Crippen molar-refractivity contribution in [1.29, 1.82) is 0 Å². The van der Waals surface area contributed by atoms with E-state index in [2.05, 4.69) is 0 Å². The van der Waals surface area contributed by atoms with Crippen LogP contribution in [0.25, 0.3) is 0 Å². The molecule has 0 amide bonds. The maximum atomic E-state index is 13.6. The fourth-order valence-electron chi connectivity index (χ4n) is 1.84. The van der Waals surface area contributed by atoms with E-state index in [-0.39, 0.29) is 17.1 Å². The van der Waals surface area contributed by atoms with Crippen LogP contribution in [0.5, 0.6) is 11.5 Å². The molecule has 1 atom stereocenters. The van der Waals surface area contributed by atoms with E-state index in [9.17, 15) is 24.0 Å². The molecule has 0 aromatic heterocycles. The molecule has 2 aromatic carbocycles. The number of aliphatic hydroxyl groups is 1. The monoisotopic (exact) mass is 295 g/mol. The summed E-state index contributed by atoms with van der Waals surface area (Å²) in [5, 5.41) is 20.1. The van der Waals surface area contributed by atoms with Gasteiger partial charge in [-0.1, -0.05) is 6.07 Å². The molecule has 1 N–H and O–H groups in total. The second-order valence-corrected chi connectivity index (χ2v) is 4.30. The van der Waals surface area contributed by atoms with Crippen LogP contribution in [-0.2, 0) is 0 Å². The summed E-state index contributed by atoms with van der Waals surface area (Å²) in [6.07, 6.45) is -1.12. The Morgan fingerprint density at radius 2 is 1.95 bits per heavy atom. The topological polar surface area (TPSA) is 72.6 Å². The summed E-state index contributed by atoms with van der Waals surface area (Å²) in [6, 6.07) is 6.91. The highest BCUT2D eigenvalue weighted by Gasteiger charge is 2.18. The Morgan fingerprint density at radius 3 is 2.52 bits per heavy atom. The third-order valence-electron chi connectivity index (χ3n) is 2.77. The number of ether oxygens (including phenoxy) is 1. The van der Waals surface area contributed by atoms with E-state index < -0.39 is 28.3 Å². The summed E-state index contributed by atoms with van der Waals surface area (Å²) in [4.78, 5) is 9.66. The number of hydrogen-bond acceptors (Lipinski definition) is 4. The molecule has 5 nitrogen and oxygen atoms in total. The quantitative estimate of drug-likeness (QED) is 0.689. The number of rotatable bonds is 4. The van der Waals surface area contributed by atoms with E-state index in [4.69, 9.17) is 4.74 Å². The molecule has 0 saturated carbocycles. The first kappa shape index (κ1) is 14.9. The van der Waals surface area contributed by atoms with Gasteiger partial charge in [0, 0.05) is 12.1 Å². The van der Waals surface area contributed by atoms with Crippen LogP contribution in [-0.4, -0.2) is 10.0 Å². The van der Waals surface area contributed by atoms with Gasteiger partial charge in [-0.2, -0.15) is 4.39 Å². The first-order valence-electron chi connectivity index (χ1n) is 5.98. The minimum Gasteiger partial charge on any atom is -0.457 e. The zero-order chi connectivity index (χ0) is 15.6. The van der Waals surface area contributed by atoms with E-state index in [1.54, 1.807) is 0 Å². The molecule has 0 unspecified atom stereocenters. The average molecular weight is 295 g/mol. The number of halogens is 2. The first-order valence-corrected chi connectivity index (χ1v) is 5.98. The summed E-state index contributed by atoms with van der Waals surface area (Å²) >= 11 is 0. The molecule has 2 rings (SSSR count). The fourth-order valence-corrected chi connectivity index (χ4v) is 1.84. The summed E-state index contributed by atoms with van der Waals surface area (Å²) in [7, 11) is 0. The molecule has 0 heterocycles. The molecule has 0 radical (unpaired) electrons. The first-order chi connectivity index (χ1) is 9.90. The molecule has 0 fully saturated rings. The van der Waals surface area contributed by atoms with E-state index in [1.807, 2.05) is 0 Å². The number of benzene rings is 2. The van der Waals surface area contributed by atoms with Gasteiger partial charge in [-0.3, -0.25) is 10.1 Å². The van der Waals surface area contributed by atoms with Crippen LogP contribution >= 0.6 is 0 Å². The third kappa shape index (κ3) is 3.14. The predicted molar refractivity (Wildman–Crippen MR) is 70.2 cm³/mol. The SMILES string of the molecule is C[C@@H](O)c1c(F)cccc1Oc1ccc([N+](=O)[O-])c(F)c1. The minimum absolute atomic E-state index is 0.0123. The number of nitro benzene ring substituents is 1. The largest absolute Gasteiger partial charge is 0.457 e. The molecular weight excluding hydrogens is 284 g/mol. The van der Waals surface area contributed by atoms with Crippen LogP contribution in [0, 0.1) is 21.7 Å². The van der Waals surface area contributed by atoms with E-state index in [0.717, 1.165) is 18.2 Å². The van der Waals surface area contributed by atoms with Crippen LogP contribution in [0.1, 0.15) is 18.6 Å². The van der Waals surface area contributed by atoms with Crippen molar-refractivity contribution in [2.24, 2.45) is 0 Å². The van der Waals surface area contributed by atoms with Gasteiger partial charge in [0.05, 0.1) is 16.6 Å². The van der Waals surface area contributed by atoms with Gasteiger partial charge >= 0.3 is 5.69 Å². The zero-order valence-electron chi connectivity index (χ0n) is 10.9. The smallest absolute Gasteiger partial charge is 0.305 e. The van der Waals surface area contributed by atoms with Crippen LogP contribution in [0.4, 0.5) is 14.5 Å². The summed E-state index contributed by atoms with van der Waals surface area (Å²) in [5.41, 5.74) is -0.756. The van der Waals surface area contributed by atoms with Gasteiger partial charge in [-0.05, 0) is 25.1 Å². The van der Waals surface area contributed by atoms with Crippen molar-refractivity contribution in [2.75, 3.05) is 0 Å². The van der Waals surface area contributed by atoms with Crippen molar-refractivity contribution in [1.82, 2.24) is 0 Å². The highest BCUT2D eigenvalue weighted by atomic mass is 19.1. The van der Waals surface area contributed by atoms with Crippen LogP contribution < -0.4 is 4.74 Å².